The summed E-state index contributed by atoms with van der Waals surface area (Å²) < 4.78 is 6.64. The van der Waals surface area contributed by atoms with Crippen LogP contribution in [0.1, 0.15) is 31.7 Å². The molecule has 0 aromatic heterocycles. The van der Waals surface area contributed by atoms with Gasteiger partial charge in [0, 0.05) is 26.7 Å². The van der Waals surface area contributed by atoms with Gasteiger partial charge in [0.2, 0.25) is 17.7 Å². The van der Waals surface area contributed by atoms with E-state index in [-0.39, 0.29) is 24.3 Å². The lowest BCUT2D eigenvalue weighted by atomic mass is 9.77. The van der Waals surface area contributed by atoms with E-state index in [9.17, 15) is 19.5 Å². The number of hydrogen-bond acceptors (Lipinski definition) is 5. The zero-order valence-corrected chi connectivity index (χ0v) is 21.7. The summed E-state index contributed by atoms with van der Waals surface area (Å²) >= 11 is 0. The van der Waals surface area contributed by atoms with Crippen LogP contribution in [0.15, 0.2) is 54.6 Å². The summed E-state index contributed by atoms with van der Waals surface area (Å²) in [6.07, 6.45) is 10.3. The molecule has 4 aliphatic heterocycles. The van der Waals surface area contributed by atoms with Crippen LogP contribution in [0.3, 0.4) is 0 Å². The van der Waals surface area contributed by atoms with Crippen LogP contribution in [-0.2, 0) is 25.5 Å². The zero-order chi connectivity index (χ0) is 26.2. The van der Waals surface area contributed by atoms with Crippen molar-refractivity contribution in [1.29, 1.82) is 0 Å². The van der Waals surface area contributed by atoms with Gasteiger partial charge in [-0.15, -0.1) is 0 Å². The maximum Gasteiger partial charge on any atom is 0.249 e. The second kappa shape index (κ2) is 10.4. The minimum absolute atomic E-state index is 0.153. The van der Waals surface area contributed by atoms with E-state index in [0.29, 0.717) is 26.1 Å². The van der Waals surface area contributed by atoms with E-state index in [2.05, 4.69) is 6.92 Å². The van der Waals surface area contributed by atoms with Gasteiger partial charge in [0.1, 0.15) is 11.6 Å². The molecule has 2 saturated heterocycles. The topological polar surface area (TPSA) is 90.4 Å². The highest BCUT2D eigenvalue weighted by Gasteiger charge is 2.72. The number of hydrogen-bond donors (Lipinski definition) is 1. The van der Waals surface area contributed by atoms with Crippen LogP contribution in [0, 0.1) is 11.8 Å². The third kappa shape index (κ3) is 4.30. The standard InChI is InChI=1S/C29H37N3O5/c1-3-4-8-16-31-17-10-14-29-24(23-22(37-29)13-9-15-30(2)26(23)34)27(35)32(25(29)28(31)36)21(19-33)18-20-11-6-5-7-12-20/h5-7,9-14,21-25,33H,3-4,8,15-19H2,1-2H3/t21-,22-,23+,24+,25?,29+/m1/s1. The highest BCUT2D eigenvalue weighted by Crippen LogP contribution is 2.54. The van der Waals surface area contributed by atoms with Crippen LogP contribution in [0.4, 0.5) is 0 Å². The summed E-state index contributed by atoms with van der Waals surface area (Å²) in [6, 6.07) is 8.10. The fourth-order valence-corrected chi connectivity index (χ4v) is 6.53. The fraction of sp³-hybridized carbons (Fsp3) is 0.552. The molecular formula is C29H37N3O5. The third-order valence-electron chi connectivity index (χ3n) is 8.33. The summed E-state index contributed by atoms with van der Waals surface area (Å²) in [5.74, 6) is -2.17. The fourth-order valence-electron chi connectivity index (χ4n) is 6.53. The summed E-state index contributed by atoms with van der Waals surface area (Å²) in [5.41, 5.74) is -0.297. The Morgan fingerprint density at radius 1 is 1.05 bits per heavy atom. The van der Waals surface area contributed by atoms with E-state index in [1.165, 1.54) is 0 Å². The molecule has 1 unspecified atom stereocenters. The van der Waals surface area contributed by atoms with Gasteiger partial charge < -0.3 is 24.5 Å². The van der Waals surface area contributed by atoms with E-state index < -0.39 is 35.6 Å². The number of nitrogens with zero attached hydrogens (tertiary/aromatic N) is 3. The normalized spacial score (nSPS) is 31.8. The van der Waals surface area contributed by atoms with Crippen molar-refractivity contribution in [2.75, 3.05) is 33.3 Å². The molecule has 1 spiro atoms. The summed E-state index contributed by atoms with van der Waals surface area (Å²) in [7, 11) is 1.73. The summed E-state index contributed by atoms with van der Waals surface area (Å²) in [5, 5.41) is 10.5. The van der Waals surface area contributed by atoms with Crippen LogP contribution < -0.4 is 0 Å². The lowest BCUT2D eigenvalue weighted by Crippen LogP contribution is -2.58. The number of aliphatic hydroxyl groups excluding tert-OH is 1. The molecule has 1 N–H and O–H groups in total. The van der Waals surface area contributed by atoms with E-state index in [0.717, 1.165) is 24.8 Å². The molecular weight excluding hydrogens is 470 g/mol. The molecule has 37 heavy (non-hydrogen) atoms. The van der Waals surface area contributed by atoms with Gasteiger partial charge in [-0.3, -0.25) is 14.4 Å². The molecule has 5 rings (SSSR count). The van der Waals surface area contributed by atoms with Crippen LogP contribution >= 0.6 is 0 Å². The van der Waals surface area contributed by atoms with Crippen molar-refractivity contribution in [3.05, 3.63) is 60.2 Å². The Balaban J connectivity index is 1.58. The Hall–Kier alpha value is -2.97. The van der Waals surface area contributed by atoms with Crippen molar-refractivity contribution in [3.8, 4) is 0 Å². The highest BCUT2D eigenvalue weighted by molar-refractivity contribution is 6.00. The van der Waals surface area contributed by atoms with Crippen LogP contribution in [0.5, 0.6) is 0 Å². The lowest BCUT2D eigenvalue weighted by Gasteiger charge is -2.38. The highest BCUT2D eigenvalue weighted by atomic mass is 16.5. The number of benzene rings is 1. The number of carbonyl (C=O) groups excluding carboxylic acids is 3. The monoisotopic (exact) mass is 507 g/mol. The molecule has 0 bridgehead atoms. The lowest BCUT2D eigenvalue weighted by molar-refractivity contribution is -0.151. The van der Waals surface area contributed by atoms with Crippen LogP contribution in [0.25, 0.3) is 0 Å². The Morgan fingerprint density at radius 3 is 2.57 bits per heavy atom. The van der Waals surface area contributed by atoms with Crippen molar-refractivity contribution < 1.29 is 24.2 Å². The molecule has 8 nitrogen and oxygen atoms in total. The zero-order valence-electron chi connectivity index (χ0n) is 21.7. The first-order valence-corrected chi connectivity index (χ1v) is 13.5. The van der Waals surface area contributed by atoms with Gasteiger partial charge in [-0.05, 0) is 18.4 Å². The number of likely N-dealkylation sites (N-methyl/N-ethyl adjacent to an activating group) is 1. The smallest absolute Gasteiger partial charge is 0.249 e. The van der Waals surface area contributed by atoms with Gasteiger partial charge in [0.25, 0.3) is 0 Å². The molecule has 8 heteroatoms. The van der Waals surface area contributed by atoms with Gasteiger partial charge in [-0.2, -0.15) is 0 Å². The van der Waals surface area contributed by atoms with Gasteiger partial charge in [0.15, 0.2) is 0 Å². The van der Waals surface area contributed by atoms with Crippen molar-refractivity contribution in [2.45, 2.75) is 56.4 Å². The van der Waals surface area contributed by atoms with Gasteiger partial charge in [-0.25, -0.2) is 0 Å². The maximum atomic E-state index is 14.3. The quantitative estimate of drug-likeness (QED) is 0.428. The predicted octanol–water partition coefficient (Wildman–Crippen LogP) is 1.79. The summed E-state index contributed by atoms with van der Waals surface area (Å²) in [6.45, 7) is 3.29. The van der Waals surface area contributed by atoms with E-state index in [4.69, 9.17) is 4.74 Å². The average Bonchev–Trinajstić information content (AvgIpc) is 3.24. The Bertz CT molecular complexity index is 1090. The molecule has 1 aromatic rings. The number of fused-ring (bicyclic) bond motifs is 2. The van der Waals surface area contributed by atoms with Crippen molar-refractivity contribution in [3.63, 3.8) is 0 Å². The minimum Gasteiger partial charge on any atom is -0.394 e. The number of ether oxygens (including phenoxy) is 1. The second-order valence-corrected chi connectivity index (χ2v) is 10.7. The molecule has 1 aromatic carbocycles. The average molecular weight is 508 g/mol. The number of likely N-dealkylation sites (tertiary alicyclic amines) is 1. The summed E-state index contributed by atoms with van der Waals surface area (Å²) in [4.78, 5) is 47.0. The molecule has 198 valence electrons. The maximum absolute atomic E-state index is 14.3. The number of unbranched alkanes of at least 4 members (excludes halogenated alkanes) is 2. The van der Waals surface area contributed by atoms with Gasteiger partial charge in [-0.1, -0.05) is 74.4 Å². The van der Waals surface area contributed by atoms with Crippen molar-refractivity contribution >= 4 is 17.7 Å². The number of amides is 3. The largest absolute Gasteiger partial charge is 0.394 e. The van der Waals surface area contributed by atoms with E-state index in [1.54, 1.807) is 21.7 Å². The first kappa shape index (κ1) is 25.7. The molecule has 3 amide bonds. The molecule has 0 radical (unpaired) electrons. The van der Waals surface area contributed by atoms with Crippen molar-refractivity contribution in [2.24, 2.45) is 11.8 Å². The SMILES string of the molecule is CCCCCN1CC=C[C@]23O[C@@H]4C=CCN(C)C(=O)[C@@H]4[C@H]2C(=O)N([C@@H](CO)Cc2ccccc2)C3C1=O. The third-order valence-corrected chi connectivity index (χ3v) is 8.33. The van der Waals surface area contributed by atoms with Crippen LogP contribution in [0.2, 0.25) is 0 Å². The molecule has 0 saturated carbocycles. The van der Waals surface area contributed by atoms with Crippen molar-refractivity contribution in [1.82, 2.24) is 14.7 Å². The molecule has 4 aliphatic rings. The molecule has 2 fully saturated rings. The first-order valence-electron chi connectivity index (χ1n) is 13.5. The Morgan fingerprint density at radius 2 is 1.84 bits per heavy atom. The van der Waals surface area contributed by atoms with Gasteiger partial charge in [0.05, 0.1) is 30.6 Å². The molecule has 0 aliphatic carbocycles. The second-order valence-electron chi connectivity index (χ2n) is 10.7. The predicted molar refractivity (Wildman–Crippen MR) is 138 cm³/mol. The number of aliphatic hydroxyl groups is 1. The van der Waals surface area contributed by atoms with E-state index >= 15 is 0 Å². The Kier molecular flexibility index (Phi) is 7.23. The number of carbonyl (C=O) groups is 3. The number of rotatable bonds is 8. The Labute approximate surface area is 218 Å². The van der Waals surface area contributed by atoms with Gasteiger partial charge >= 0.3 is 0 Å². The molecule has 6 atom stereocenters. The minimum atomic E-state index is -1.26. The van der Waals surface area contributed by atoms with Crippen LogP contribution in [-0.4, -0.2) is 94.6 Å². The first-order chi connectivity index (χ1) is 17.9. The van der Waals surface area contributed by atoms with E-state index in [1.807, 2.05) is 54.6 Å². The molecule has 4 heterocycles.